The molecule has 0 atom stereocenters. The quantitative estimate of drug-likeness (QED) is 0.638. The number of hydrogen-bond donors (Lipinski definition) is 1. The number of methoxy groups -OCH3 is 1. The molecule has 0 bridgehead atoms. The second-order valence-electron chi connectivity index (χ2n) is 4.57. The van der Waals surface area contributed by atoms with Gasteiger partial charge in [-0.2, -0.15) is 0 Å². The van der Waals surface area contributed by atoms with E-state index >= 15 is 0 Å². The minimum atomic E-state index is 0.0529. The van der Waals surface area contributed by atoms with E-state index in [0.717, 1.165) is 12.2 Å². The van der Waals surface area contributed by atoms with E-state index in [1.54, 1.807) is 22.9 Å². The van der Waals surface area contributed by atoms with Crippen molar-refractivity contribution in [3.63, 3.8) is 0 Å². The number of aromatic nitrogens is 3. The van der Waals surface area contributed by atoms with Crippen LogP contribution in [0.15, 0.2) is 6.20 Å². The lowest BCUT2D eigenvalue weighted by molar-refractivity contribution is -0.136. The van der Waals surface area contributed by atoms with Crippen LogP contribution in [0.4, 0.5) is 0 Å². The van der Waals surface area contributed by atoms with E-state index in [4.69, 9.17) is 9.47 Å². The lowest BCUT2D eigenvalue weighted by atomic mass is 10.4. The van der Waals surface area contributed by atoms with Crippen molar-refractivity contribution in [1.29, 1.82) is 0 Å². The number of morpholine rings is 1. The first-order chi connectivity index (χ1) is 9.79. The number of nitrogens with one attached hydrogen (secondary N) is 1. The Balaban J connectivity index is 1.75. The van der Waals surface area contributed by atoms with Crippen LogP contribution in [0.2, 0.25) is 0 Å². The SMILES string of the molecule is COCCNCc1cn(CC(=O)N2CCOCC2)nn1. The predicted molar refractivity (Wildman–Crippen MR) is 71.0 cm³/mol. The molecular weight excluding hydrogens is 262 g/mol. The van der Waals surface area contributed by atoms with Crippen LogP contribution in [0.3, 0.4) is 0 Å². The molecule has 8 nitrogen and oxygen atoms in total. The van der Waals surface area contributed by atoms with Crippen molar-refractivity contribution in [3.05, 3.63) is 11.9 Å². The third kappa shape index (κ3) is 4.55. The van der Waals surface area contributed by atoms with Crippen molar-refractivity contribution >= 4 is 5.91 Å². The van der Waals surface area contributed by atoms with Gasteiger partial charge in [0, 0.05) is 33.3 Å². The maximum Gasteiger partial charge on any atom is 0.244 e. The van der Waals surface area contributed by atoms with Crippen molar-refractivity contribution < 1.29 is 14.3 Å². The van der Waals surface area contributed by atoms with E-state index < -0.39 is 0 Å². The lowest BCUT2D eigenvalue weighted by Gasteiger charge is -2.26. The zero-order valence-corrected chi connectivity index (χ0v) is 11.7. The molecule has 0 aliphatic carbocycles. The van der Waals surface area contributed by atoms with Gasteiger partial charge in [-0.05, 0) is 0 Å². The fourth-order valence-electron chi connectivity index (χ4n) is 1.94. The third-order valence-electron chi connectivity index (χ3n) is 3.04. The van der Waals surface area contributed by atoms with Crippen LogP contribution in [-0.2, 0) is 27.4 Å². The van der Waals surface area contributed by atoms with Crippen LogP contribution in [0.5, 0.6) is 0 Å². The molecule has 1 saturated heterocycles. The fraction of sp³-hybridized carbons (Fsp3) is 0.750. The monoisotopic (exact) mass is 283 g/mol. The smallest absolute Gasteiger partial charge is 0.244 e. The number of hydrogen-bond acceptors (Lipinski definition) is 6. The second kappa shape index (κ2) is 7.93. The molecule has 1 aromatic rings. The molecule has 1 amide bonds. The molecule has 0 saturated carbocycles. The average molecular weight is 283 g/mol. The molecule has 20 heavy (non-hydrogen) atoms. The standard InChI is InChI=1S/C12H21N5O3/c1-19-5-2-13-8-11-9-17(15-14-11)10-12(18)16-3-6-20-7-4-16/h9,13H,2-8,10H2,1H3. The Kier molecular flexibility index (Phi) is 5.90. The highest BCUT2D eigenvalue weighted by atomic mass is 16.5. The van der Waals surface area contributed by atoms with Crippen LogP contribution in [0.1, 0.15) is 5.69 Å². The Bertz CT molecular complexity index is 417. The van der Waals surface area contributed by atoms with Gasteiger partial charge in [0.15, 0.2) is 0 Å². The largest absolute Gasteiger partial charge is 0.383 e. The molecule has 0 spiro atoms. The maximum absolute atomic E-state index is 12.0. The van der Waals surface area contributed by atoms with Gasteiger partial charge in [0.25, 0.3) is 0 Å². The van der Waals surface area contributed by atoms with Crippen molar-refractivity contribution in [2.45, 2.75) is 13.1 Å². The van der Waals surface area contributed by atoms with Crippen molar-refractivity contribution in [2.24, 2.45) is 0 Å². The first-order valence-electron chi connectivity index (χ1n) is 6.74. The van der Waals surface area contributed by atoms with Gasteiger partial charge in [0.05, 0.1) is 31.7 Å². The second-order valence-corrected chi connectivity index (χ2v) is 4.57. The summed E-state index contributed by atoms with van der Waals surface area (Å²) in [5.41, 5.74) is 0.816. The highest BCUT2D eigenvalue weighted by molar-refractivity contribution is 5.75. The fourth-order valence-corrected chi connectivity index (χ4v) is 1.94. The Hall–Kier alpha value is -1.51. The highest BCUT2D eigenvalue weighted by Crippen LogP contribution is 2.00. The number of amides is 1. The first-order valence-corrected chi connectivity index (χ1v) is 6.74. The van der Waals surface area contributed by atoms with E-state index in [2.05, 4.69) is 15.6 Å². The van der Waals surface area contributed by atoms with Gasteiger partial charge in [0.1, 0.15) is 6.54 Å². The summed E-state index contributed by atoms with van der Waals surface area (Å²) in [5.74, 6) is 0.0529. The summed E-state index contributed by atoms with van der Waals surface area (Å²) in [7, 11) is 1.66. The summed E-state index contributed by atoms with van der Waals surface area (Å²) in [6.07, 6.45) is 1.79. The van der Waals surface area contributed by atoms with E-state index in [1.807, 2.05) is 0 Å². The van der Waals surface area contributed by atoms with Gasteiger partial charge in [-0.25, -0.2) is 4.68 Å². The van der Waals surface area contributed by atoms with Crippen LogP contribution < -0.4 is 5.32 Å². The molecule has 1 aromatic heterocycles. The molecular formula is C12H21N5O3. The molecule has 0 unspecified atom stereocenters. The summed E-state index contributed by atoms with van der Waals surface area (Å²) in [6.45, 7) is 4.79. The number of carbonyl (C=O) groups is 1. The number of nitrogens with zero attached hydrogens (tertiary/aromatic N) is 4. The molecule has 2 rings (SSSR count). The molecule has 0 radical (unpaired) electrons. The van der Waals surface area contributed by atoms with E-state index in [1.165, 1.54) is 0 Å². The molecule has 1 aliphatic heterocycles. The molecule has 0 aromatic carbocycles. The minimum absolute atomic E-state index is 0.0529. The van der Waals surface area contributed by atoms with Crippen molar-refractivity contribution in [2.75, 3.05) is 46.6 Å². The predicted octanol–water partition coefficient (Wildman–Crippen LogP) is -1.13. The van der Waals surface area contributed by atoms with Crippen LogP contribution in [0, 0.1) is 0 Å². The Morgan fingerprint density at radius 2 is 2.30 bits per heavy atom. The first kappa shape index (κ1) is 14.9. The van der Waals surface area contributed by atoms with Gasteiger partial charge in [-0.15, -0.1) is 5.10 Å². The topological polar surface area (TPSA) is 81.5 Å². The van der Waals surface area contributed by atoms with Crippen LogP contribution in [0.25, 0.3) is 0 Å². The van der Waals surface area contributed by atoms with Gasteiger partial charge in [-0.3, -0.25) is 4.79 Å². The Morgan fingerprint density at radius 1 is 1.50 bits per heavy atom. The van der Waals surface area contributed by atoms with Gasteiger partial charge < -0.3 is 19.7 Å². The number of rotatable bonds is 7. The minimum Gasteiger partial charge on any atom is -0.383 e. The van der Waals surface area contributed by atoms with Gasteiger partial charge in [-0.1, -0.05) is 5.21 Å². The van der Waals surface area contributed by atoms with Crippen LogP contribution >= 0.6 is 0 Å². The maximum atomic E-state index is 12.0. The molecule has 1 N–H and O–H groups in total. The summed E-state index contributed by atoms with van der Waals surface area (Å²) < 4.78 is 11.7. The van der Waals surface area contributed by atoms with E-state index in [-0.39, 0.29) is 12.5 Å². The molecule has 1 fully saturated rings. The van der Waals surface area contributed by atoms with Crippen molar-refractivity contribution in [3.8, 4) is 0 Å². The highest BCUT2D eigenvalue weighted by Gasteiger charge is 2.17. The number of carbonyl (C=O) groups excluding carboxylic acids is 1. The molecule has 112 valence electrons. The summed E-state index contributed by atoms with van der Waals surface area (Å²) in [4.78, 5) is 13.8. The van der Waals surface area contributed by atoms with E-state index in [9.17, 15) is 4.79 Å². The van der Waals surface area contributed by atoms with Gasteiger partial charge >= 0.3 is 0 Å². The zero-order chi connectivity index (χ0) is 14.2. The molecule has 8 heteroatoms. The Morgan fingerprint density at radius 3 is 3.05 bits per heavy atom. The lowest BCUT2D eigenvalue weighted by Crippen LogP contribution is -2.42. The summed E-state index contributed by atoms with van der Waals surface area (Å²) in [5, 5.41) is 11.2. The molecule has 2 heterocycles. The molecule has 1 aliphatic rings. The summed E-state index contributed by atoms with van der Waals surface area (Å²) >= 11 is 0. The third-order valence-corrected chi connectivity index (χ3v) is 3.04. The van der Waals surface area contributed by atoms with Gasteiger partial charge in [0.2, 0.25) is 5.91 Å². The normalized spacial score (nSPS) is 15.6. The van der Waals surface area contributed by atoms with Crippen molar-refractivity contribution in [1.82, 2.24) is 25.2 Å². The zero-order valence-electron chi connectivity index (χ0n) is 11.7. The van der Waals surface area contributed by atoms with E-state index in [0.29, 0.717) is 39.5 Å². The number of ether oxygens (including phenoxy) is 2. The summed E-state index contributed by atoms with van der Waals surface area (Å²) in [6, 6.07) is 0. The average Bonchev–Trinajstić information content (AvgIpc) is 2.92. The van der Waals surface area contributed by atoms with Crippen LogP contribution in [-0.4, -0.2) is 72.4 Å². The Labute approximate surface area is 118 Å².